The molecular formula is C16H21NS. The third-order valence-corrected chi connectivity index (χ3v) is 5.43. The number of fused-ring (bicyclic) bond motifs is 1. The lowest BCUT2D eigenvalue weighted by atomic mass is 9.82. The molecule has 1 aromatic heterocycles. The molecule has 2 atom stereocenters. The molecule has 0 spiro atoms. The highest BCUT2D eigenvalue weighted by molar-refractivity contribution is 7.17. The molecule has 0 radical (unpaired) electrons. The minimum atomic E-state index is 0.484. The molecule has 0 aliphatic heterocycles. The molecule has 2 unspecified atom stereocenters. The summed E-state index contributed by atoms with van der Waals surface area (Å²) in [6, 6.07) is 9.52. The van der Waals surface area contributed by atoms with Gasteiger partial charge in [0.25, 0.3) is 0 Å². The number of hydrogen-bond acceptors (Lipinski definition) is 2. The number of benzene rings is 1. The van der Waals surface area contributed by atoms with Crippen molar-refractivity contribution in [2.24, 2.45) is 5.41 Å². The van der Waals surface area contributed by atoms with Gasteiger partial charge in [-0.3, -0.25) is 0 Å². The van der Waals surface area contributed by atoms with Crippen molar-refractivity contribution in [3.05, 3.63) is 35.2 Å². The van der Waals surface area contributed by atoms with Gasteiger partial charge in [-0.25, -0.2) is 0 Å². The maximum atomic E-state index is 3.44. The van der Waals surface area contributed by atoms with Crippen molar-refractivity contribution in [2.75, 3.05) is 7.05 Å². The summed E-state index contributed by atoms with van der Waals surface area (Å²) in [6.07, 6.45) is 5.22. The third kappa shape index (κ3) is 2.19. The Morgan fingerprint density at radius 2 is 2.22 bits per heavy atom. The van der Waals surface area contributed by atoms with Crippen molar-refractivity contribution in [1.82, 2.24) is 5.32 Å². The molecule has 96 valence electrons. The van der Waals surface area contributed by atoms with Gasteiger partial charge in [-0.05, 0) is 60.5 Å². The standard InChI is InChI=1S/C16H21NS/c1-16(8-7-13(10-16)17-2)9-12-11-18-15-6-4-3-5-14(12)15/h3-6,11,13,17H,7-10H2,1-2H3. The second kappa shape index (κ2) is 4.67. The molecule has 1 saturated carbocycles. The van der Waals surface area contributed by atoms with Crippen LogP contribution in [0.3, 0.4) is 0 Å². The van der Waals surface area contributed by atoms with Crippen molar-refractivity contribution in [2.45, 2.75) is 38.6 Å². The van der Waals surface area contributed by atoms with Crippen LogP contribution in [0.25, 0.3) is 10.1 Å². The van der Waals surface area contributed by atoms with Gasteiger partial charge in [-0.1, -0.05) is 25.1 Å². The highest BCUT2D eigenvalue weighted by Crippen LogP contribution is 2.42. The van der Waals surface area contributed by atoms with Gasteiger partial charge >= 0.3 is 0 Å². The van der Waals surface area contributed by atoms with E-state index >= 15 is 0 Å². The molecule has 0 amide bonds. The van der Waals surface area contributed by atoms with Gasteiger partial charge in [0.1, 0.15) is 0 Å². The molecule has 1 N–H and O–H groups in total. The fraction of sp³-hybridized carbons (Fsp3) is 0.500. The van der Waals surface area contributed by atoms with Gasteiger partial charge in [0, 0.05) is 10.7 Å². The highest BCUT2D eigenvalue weighted by Gasteiger charge is 2.34. The predicted molar refractivity (Wildman–Crippen MR) is 80.3 cm³/mol. The topological polar surface area (TPSA) is 12.0 Å². The molecule has 3 rings (SSSR count). The maximum Gasteiger partial charge on any atom is 0.0345 e. The fourth-order valence-electron chi connectivity index (χ4n) is 3.36. The zero-order valence-electron chi connectivity index (χ0n) is 11.2. The molecule has 1 heterocycles. The molecule has 2 heteroatoms. The molecule has 2 aromatic rings. The monoisotopic (exact) mass is 259 g/mol. The van der Waals surface area contributed by atoms with Crippen molar-refractivity contribution in [1.29, 1.82) is 0 Å². The van der Waals surface area contributed by atoms with Crippen molar-refractivity contribution in [3.8, 4) is 0 Å². The van der Waals surface area contributed by atoms with Crippen LogP contribution in [0.5, 0.6) is 0 Å². The summed E-state index contributed by atoms with van der Waals surface area (Å²) in [5, 5.41) is 7.27. The van der Waals surface area contributed by atoms with E-state index in [9.17, 15) is 0 Å². The predicted octanol–water partition coefficient (Wildman–Crippen LogP) is 4.22. The molecule has 0 bridgehead atoms. The van der Waals surface area contributed by atoms with Gasteiger partial charge in [0.15, 0.2) is 0 Å². The van der Waals surface area contributed by atoms with Crippen molar-refractivity contribution < 1.29 is 0 Å². The Bertz CT molecular complexity index is 545. The number of nitrogens with one attached hydrogen (secondary N) is 1. The van der Waals surface area contributed by atoms with E-state index in [0.29, 0.717) is 5.41 Å². The van der Waals surface area contributed by atoms with Gasteiger partial charge in [0.05, 0.1) is 0 Å². The number of thiophene rings is 1. The Hall–Kier alpha value is -0.860. The van der Waals surface area contributed by atoms with E-state index in [1.54, 1.807) is 5.56 Å². The van der Waals surface area contributed by atoms with Gasteiger partial charge in [-0.15, -0.1) is 11.3 Å². The second-order valence-electron chi connectivity index (χ2n) is 5.97. The van der Waals surface area contributed by atoms with Gasteiger partial charge < -0.3 is 5.32 Å². The largest absolute Gasteiger partial charge is 0.317 e. The van der Waals surface area contributed by atoms with E-state index in [-0.39, 0.29) is 0 Å². The average molecular weight is 259 g/mol. The summed E-state index contributed by atoms with van der Waals surface area (Å²) in [4.78, 5) is 0. The third-order valence-electron chi connectivity index (χ3n) is 4.42. The quantitative estimate of drug-likeness (QED) is 0.870. The van der Waals surface area contributed by atoms with Crippen LogP contribution in [0, 0.1) is 5.41 Å². The normalized spacial score (nSPS) is 28.0. The SMILES string of the molecule is CNC1CCC(C)(Cc2csc3ccccc23)C1. The molecule has 1 aliphatic carbocycles. The lowest BCUT2D eigenvalue weighted by Gasteiger charge is -2.24. The van der Waals surface area contributed by atoms with Crippen LogP contribution in [0.15, 0.2) is 29.6 Å². The van der Waals surface area contributed by atoms with Crippen LogP contribution in [0.4, 0.5) is 0 Å². The van der Waals surface area contributed by atoms with Crippen molar-refractivity contribution >= 4 is 21.4 Å². The van der Waals surface area contributed by atoms with Crippen LogP contribution in [-0.2, 0) is 6.42 Å². The Labute approximate surface area is 113 Å². The summed E-state index contributed by atoms with van der Waals surface area (Å²) in [6.45, 7) is 2.46. The summed E-state index contributed by atoms with van der Waals surface area (Å²) in [7, 11) is 2.09. The minimum Gasteiger partial charge on any atom is -0.317 e. The van der Waals surface area contributed by atoms with E-state index < -0.39 is 0 Å². The smallest absolute Gasteiger partial charge is 0.0345 e. The first kappa shape index (κ1) is 12.2. The minimum absolute atomic E-state index is 0.484. The zero-order chi connectivity index (χ0) is 12.6. The molecule has 0 saturated heterocycles. The Balaban J connectivity index is 1.84. The Morgan fingerprint density at radius 1 is 1.39 bits per heavy atom. The second-order valence-corrected chi connectivity index (χ2v) is 6.88. The molecule has 1 aromatic carbocycles. The van der Waals surface area contributed by atoms with Crippen LogP contribution < -0.4 is 5.32 Å². The summed E-state index contributed by atoms with van der Waals surface area (Å²) in [5.74, 6) is 0. The molecule has 1 nitrogen and oxygen atoms in total. The molecule has 1 aliphatic rings. The number of rotatable bonds is 3. The van der Waals surface area contributed by atoms with E-state index in [1.807, 2.05) is 11.3 Å². The Morgan fingerprint density at radius 3 is 3.00 bits per heavy atom. The summed E-state index contributed by atoms with van der Waals surface area (Å²) < 4.78 is 1.43. The van der Waals surface area contributed by atoms with E-state index in [2.05, 4.69) is 48.9 Å². The van der Waals surface area contributed by atoms with E-state index in [4.69, 9.17) is 0 Å². The van der Waals surface area contributed by atoms with Gasteiger partial charge in [-0.2, -0.15) is 0 Å². The van der Waals surface area contributed by atoms with Crippen LogP contribution >= 0.6 is 11.3 Å². The fourth-order valence-corrected chi connectivity index (χ4v) is 4.32. The van der Waals surface area contributed by atoms with Crippen molar-refractivity contribution in [3.63, 3.8) is 0 Å². The van der Waals surface area contributed by atoms with E-state index in [1.165, 1.54) is 35.8 Å². The van der Waals surface area contributed by atoms with E-state index in [0.717, 1.165) is 6.04 Å². The zero-order valence-corrected chi connectivity index (χ0v) is 12.0. The van der Waals surface area contributed by atoms with Crippen LogP contribution in [-0.4, -0.2) is 13.1 Å². The van der Waals surface area contributed by atoms with Crippen LogP contribution in [0.2, 0.25) is 0 Å². The highest BCUT2D eigenvalue weighted by atomic mass is 32.1. The van der Waals surface area contributed by atoms with Gasteiger partial charge in [0.2, 0.25) is 0 Å². The lowest BCUT2D eigenvalue weighted by Crippen LogP contribution is -2.24. The molecule has 1 fully saturated rings. The Kier molecular flexibility index (Phi) is 3.16. The first-order valence-electron chi connectivity index (χ1n) is 6.83. The first-order chi connectivity index (χ1) is 8.70. The summed E-state index contributed by atoms with van der Waals surface area (Å²) >= 11 is 1.89. The number of hydrogen-bond donors (Lipinski definition) is 1. The maximum absolute atomic E-state index is 3.44. The molecular weight excluding hydrogens is 238 g/mol. The molecule has 18 heavy (non-hydrogen) atoms. The van der Waals surface area contributed by atoms with Crippen LogP contribution in [0.1, 0.15) is 31.7 Å². The average Bonchev–Trinajstić information content (AvgIpc) is 2.95. The first-order valence-corrected chi connectivity index (χ1v) is 7.70. The lowest BCUT2D eigenvalue weighted by molar-refractivity contribution is 0.326. The summed E-state index contributed by atoms with van der Waals surface area (Å²) in [5.41, 5.74) is 2.03.